The molecular formula is C13H18BrNO4S. The molecule has 0 heterocycles. The Morgan fingerprint density at radius 3 is 2.10 bits per heavy atom. The Balaban J connectivity index is 3.02. The van der Waals surface area contributed by atoms with Gasteiger partial charge in [-0.2, -0.15) is 0 Å². The van der Waals surface area contributed by atoms with E-state index in [4.69, 9.17) is 0 Å². The third kappa shape index (κ3) is 4.28. The molecule has 7 heteroatoms. The first-order valence-corrected chi connectivity index (χ1v) is 8.88. The zero-order chi connectivity index (χ0) is 15.6. The summed E-state index contributed by atoms with van der Waals surface area (Å²) in [7, 11) is -3.45. The molecule has 1 atom stereocenters. The van der Waals surface area contributed by atoms with E-state index in [1.807, 2.05) is 20.8 Å². The Morgan fingerprint density at radius 2 is 1.75 bits per heavy atom. The molecular weight excluding hydrogens is 346 g/mol. The molecule has 1 aromatic rings. The molecule has 0 fully saturated rings. The molecule has 0 aliphatic carbocycles. The molecule has 112 valence electrons. The fourth-order valence-corrected chi connectivity index (χ4v) is 5.06. The third-order valence-electron chi connectivity index (χ3n) is 3.24. The minimum Gasteiger partial charge on any atom is -0.258 e. The van der Waals surface area contributed by atoms with Gasteiger partial charge in [-0.1, -0.05) is 36.7 Å². The summed E-state index contributed by atoms with van der Waals surface area (Å²) in [5.74, 6) is -0.0257. The maximum Gasteiger partial charge on any atom is 0.269 e. The van der Waals surface area contributed by atoms with Crippen LogP contribution in [0.5, 0.6) is 0 Å². The minimum atomic E-state index is -3.45. The van der Waals surface area contributed by atoms with Crippen LogP contribution in [0.4, 0.5) is 5.69 Å². The molecule has 1 aromatic carbocycles. The van der Waals surface area contributed by atoms with Crippen molar-refractivity contribution in [2.24, 2.45) is 11.3 Å². The number of rotatable bonds is 5. The highest BCUT2D eigenvalue weighted by molar-refractivity contribution is 9.09. The fourth-order valence-electron chi connectivity index (χ4n) is 1.66. The molecule has 0 aromatic heterocycles. The lowest BCUT2D eigenvalue weighted by Gasteiger charge is -2.28. The number of nitro groups is 1. The molecule has 0 saturated heterocycles. The van der Waals surface area contributed by atoms with Crippen LogP contribution < -0.4 is 0 Å². The summed E-state index contributed by atoms with van der Waals surface area (Å²) in [5, 5.41) is 11.2. The molecule has 1 unspecified atom stereocenters. The Kier molecular flexibility index (Phi) is 5.32. The van der Waals surface area contributed by atoms with Crippen LogP contribution in [-0.4, -0.2) is 24.4 Å². The molecule has 0 aliphatic heterocycles. The maximum atomic E-state index is 12.3. The number of halogens is 1. The lowest BCUT2D eigenvalue weighted by molar-refractivity contribution is -0.384. The predicted molar refractivity (Wildman–Crippen MR) is 81.9 cm³/mol. The van der Waals surface area contributed by atoms with E-state index in [1.165, 1.54) is 24.3 Å². The van der Waals surface area contributed by atoms with Crippen LogP contribution in [0.1, 0.15) is 20.8 Å². The summed E-state index contributed by atoms with van der Waals surface area (Å²) < 4.78 is 24.7. The van der Waals surface area contributed by atoms with Crippen LogP contribution in [0.15, 0.2) is 29.2 Å². The van der Waals surface area contributed by atoms with E-state index < -0.39 is 14.8 Å². The fraction of sp³-hybridized carbons (Fsp3) is 0.538. The number of sulfone groups is 1. The smallest absolute Gasteiger partial charge is 0.258 e. The van der Waals surface area contributed by atoms with Gasteiger partial charge in [-0.05, 0) is 23.5 Å². The first-order valence-electron chi connectivity index (χ1n) is 6.11. The largest absolute Gasteiger partial charge is 0.269 e. The highest BCUT2D eigenvalue weighted by Gasteiger charge is 2.29. The number of non-ortho nitro benzene ring substituents is 1. The van der Waals surface area contributed by atoms with Crippen molar-refractivity contribution in [3.8, 4) is 0 Å². The number of hydrogen-bond acceptors (Lipinski definition) is 4. The van der Waals surface area contributed by atoms with Gasteiger partial charge in [0.25, 0.3) is 5.69 Å². The van der Waals surface area contributed by atoms with Crippen LogP contribution in [0.2, 0.25) is 0 Å². The van der Waals surface area contributed by atoms with Crippen LogP contribution in [0, 0.1) is 21.4 Å². The average molecular weight is 364 g/mol. The summed E-state index contributed by atoms with van der Waals surface area (Å²) in [5.41, 5.74) is -0.256. The lowest BCUT2D eigenvalue weighted by Crippen LogP contribution is -2.29. The maximum absolute atomic E-state index is 12.3. The van der Waals surface area contributed by atoms with E-state index in [0.29, 0.717) is 5.33 Å². The molecule has 0 bridgehead atoms. The quantitative estimate of drug-likeness (QED) is 0.456. The summed E-state index contributed by atoms with van der Waals surface area (Å²) >= 11 is 3.35. The van der Waals surface area contributed by atoms with Gasteiger partial charge in [0.15, 0.2) is 9.84 Å². The Hall–Kier alpha value is -0.950. The van der Waals surface area contributed by atoms with Crippen LogP contribution >= 0.6 is 15.9 Å². The average Bonchev–Trinajstić information content (AvgIpc) is 2.34. The second-order valence-corrected chi connectivity index (χ2v) is 8.43. The first kappa shape index (κ1) is 17.1. The van der Waals surface area contributed by atoms with Crippen molar-refractivity contribution in [3.63, 3.8) is 0 Å². The van der Waals surface area contributed by atoms with Gasteiger partial charge in [0, 0.05) is 17.5 Å². The lowest BCUT2D eigenvalue weighted by atomic mass is 9.83. The monoisotopic (exact) mass is 363 g/mol. The number of alkyl halides is 1. The van der Waals surface area contributed by atoms with Gasteiger partial charge >= 0.3 is 0 Å². The zero-order valence-electron chi connectivity index (χ0n) is 11.7. The standard InChI is InChI=1S/C13H18BrNO4S/c1-13(2,3)10(8-14)9-20(18,19)12-6-4-11(5-7-12)15(16)17/h4-7,10H,8-9H2,1-3H3. The molecule has 1 rings (SSSR count). The minimum absolute atomic E-state index is 0.0135. The van der Waals surface area contributed by atoms with E-state index >= 15 is 0 Å². The van der Waals surface area contributed by atoms with E-state index in [1.54, 1.807) is 0 Å². The topological polar surface area (TPSA) is 77.3 Å². The predicted octanol–water partition coefficient (Wildman–Crippen LogP) is 3.43. The van der Waals surface area contributed by atoms with Crippen molar-refractivity contribution < 1.29 is 13.3 Å². The number of hydrogen-bond donors (Lipinski definition) is 0. The Morgan fingerprint density at radius 1 is 1.25 bits per heavy atom. The van der Waals surface area contributed by atoms with Crippen LogP contribution in [0.3, 0.4) is 0 Å². The van der Waals surface area contributed by atoms with Gasteiger partial charge in [0.1, 0.15) is 0 Å². The van der Waals surface area contributed by atoms with Gasteiger partial charge in [-0.25, -0.2) is 8.42 Å². The molecule has 0 N–H and O–H groups in total. The second-order valence-electron chi connectivity index (χ2n) is 5.75. The highest BCUT2D eigenvalue weighted by atomic mass is 79.9. The van der Waals surface area contributed by atoms with Gasteiger partial charge in [0.2, 0.25) is 0 Å². The second kappa shape index (κ2) is 6.22. The third-order valence-corrected chi connectivity index (χ3v) is 5.85. The van der Waals surface area contributed by atoms with E-state index in [-0.39, 0.29) is 27.7 Å². The van der Waals surface area contributed by atoms with E-state index in [0.717, 1.165) is 0 Å². The van der Waals surface area contributed by atoms with Crippen molar-refractivity contribution in [3.05, 3.63) is 34.4 Å². The normalized spacial score (nSPS) is 14.0. The number of nitro benzene ring substituents is 1. The summed E-state index contributed by atoms with van der Waals surface area (Å²) in [4.78, 5) is 10.1. The van der Waals surface area contributed by atoms with E-state index in [2.05, 4.69) is 15.9 Å². The highest BCUT2D eigenvalue weighted by Crippen LogP contribution is 2.30. The van der Waals surface area contributed by atoms with Crippen molar-refractivity contribution in [2.75, 3.05) is 11.1 Å². The van der Waals surface area contributed by atoms with Crippen molar-refractivity contribution in [1.82, 2.24) is 0 Å². The summed E-state index contributed by atoms with van der Waals surface area (Å²) in [6.45, 7) is 5.97. The molecule has 0 saturated carbocycles. The van der Waals surface area contributed by atoms with Gasteiger partial charge < -0.3 is 0 Å². The van der Waals surface area contributed by atoms with Gasteiger partial charge in [-0.3, -0.25) is 10.1 Å². The van der Waals surface area contributed by atoms with Crippen LogP contribution in [-0.2, 0) is 9.84 Å². The molecule has 20 heavy (non-hydrogen) atoms. The molecule has 0 radical (unpaired) electrons. The Bertz CT molecular complexity index is 575. The first-order chi connectivity index (χ1) is 9.08. The molecule has 0 amide bonds. The molecule has 0 aliphatic rings. The van der Waals surface area contributed by atoms with Gasteiger partial charge in [0.05, 0.1) is 15.6 Å². The van der Waals surface area contributed by atoms with Crippen molar-refractivity contribution in [1.29, 1.82) is 0 Å². The van der Waals surface area contributed by atoms with Crippen LogP contribution in [0.25, 0.3) is 0 Å². The number of nitrogens with zero attached hydrogens (tertiary/aromatic N) is 1. The van der Waals surface area contributed by atoms with Crippen molar-refractivity contribution in [2.45, 2.75) is 25.7 Å². The van der Waals surface area contributed by atoms with Crippen molar-refractivity contribution >= 4 is 31.5 Å². The van der Waals surface area contributed by atoms with Gasteiger partial charge in [-0.15, -0.1) is 0 Å². The molecule has 5 nitrogen and oxygen atoms in total. The zero-order valence-corrected chi connectivity index (χ0v) is 14.1. The summed E-state index contributed by atoms with van der Waals surface area (Å²) in [6.07, 6.45) is 0. The van der Waals surface area contributed by atoms with E-state index in [9.17, 15) is 18.5 Å². The Labute approximate surface area is 127 Å². The molecule has 0 spiro atoms. The SMILES string of the molecule is CC(C)(C)C(CBr)CS(=O)(=O)c1ccc([N+](=O)[O-])cc1. The number of benzene rings is 1. The summed E-state index contributed by atoms with van der Waals surface area (Å²) in [6, 6.07) is 5.02.